The lowest BCUT2D eigenvalue weighted by molar-refractivity contribution is -0.137. The van der Waals surface area contributed by atoms with Crippen LogP contribution in [0.4, 0.5) is 0 Å². The first kappa shape index (κ1) is 21.5. The first-order valence-corrected chi connectivity index (χ1v) is 9.79. The number of aliphatic carboxylic acids is 1. The van der Waals surface area contributed by atoms with E-state index in [9.17, 15) is 15.0 Å². The summed E-state index contributed by atoms with van der Waals surface area (Å²) >= 11 is 0. The molecule has 1 aliphatic carbocycles. The molecule has 0 radical (unpaired) electrons. The molecule has 4 atom stereocenters. The second kappa shape index (κ2) is 9.90. The van der Waals surface area contributed by atoms with Gasteiger partial charge in [-0.15, -0.1) is 0 Å². The number of carbonyl (C=O) groups is 1. The first-order chi connectivity index (χ1) is 12.8. The van der Waals surface area contributed by atoms with Crippen molar-refractivity contribution in [1.82, 2.24) is 0 Å². The van der Waals surface area contributed by atoms with Gasteiger partial charge in [-0.1, -0.05) is 30.7 Å². The van der Waals surface area contributed by atoms with Crippen molar-refractivity contribution in [2.75, 3.05) is 0 Å². The van der Waals surface area contributed by atoms with Gasteiger partial charge >= 0.3 is 5.97 Å². The van der Waals surface area contributed by atoms with Gasteiger partial charge in [0, 0.05) is 30.7 Å². The highest BCUT2D eigenvalue weighted by Gasteiger charge is 2.33. The summed E-state index contributed by atoms with van der Waals surface area (Å²) in [4.78, 5) is 10.6. The van der Waals surface area contributed by atoms with Crippen molar-refractivity contribution in [2.24, 2.45) is 5.92 Å². The van der Waals surface area contributed by atoms with Crippen molar-refractivity contribution in [2.45, 2.75) is 77.4 Å². The Morgan fingerprint density at radius 3 is 2.78 bits per heavy atom. The largest absolute Gasteiger partial charge is 0.481 e. The summed E-state index contributed by atoms with van der Waals surface area (Å²) in [6.45, 7) is 6.10. The van der Waals surface area contributed by atoms with Crippen LogP contribution in [0.5, 0.6) is 0 Å². The normalized spacial score (nSPS) is 21.2. The maximum absolute atomic E-state index is 10.6. The van der Waals surface area contributed by atoms with Gasteiger partial charge in [-0.2, -0.15) is 0 Å². The van der Waals surface area contributed by atoms with E-state index in [0.717, 1.165) is 29.9 Å². The molecule has 150 valence electrons. The molecule has 0 aromatic carbocycles. The molecule has 3 N–H and O–H groups in total. The second-order valence-corrected chi connectivity index (χ2v) is 7.86. The molecule has 5 heteroatoms. The molecule has 0 spiro atoms. The summed E-state index contributed by atoms with van der Waals surface area (Å²) in [5.74, 6) is 0.818. The van der Waals surface area contributed by atoms with Gasteiger partial charge < -0.3 is 19.7 Å². The number of furan rings is 1. The van der Waals surface area contributed by atoms with E-state index in [1.54, 1.807) is 6.08 Å². The van der Waals surface area contributed by atoms with Gasteiger partial charge in [-0.25, -0.2) is 0 Å². The zero-order chi connectivity index (χ0) is 20.0. The summed E-state index contributed by atoms with van der Waals surface area (Å²) in [6, 6.07) is 1.97. The smallest absolute Gasteiger partial charge is 0.303 e. The average molecular weight is 376 g/mol. The van der Waals surface area contributed by atoms with Gasteiger partial charge in [0.25, 0.3) is 0 Å². The van der Waals surface area contributed by atoms with Crippen LogP contribution < -0.4 is 0 Å². The van der Waals surface area contributed by atoms with Crippen molar-refractivity contribution in [3.8, 4) is 0 Å². The quantitative estimate of drug-likeness (QED) is 0.424. The van der Waals surface area contributed by atoms with E-state index in [2.05, 4.69) is 6.08 Å². The third kappa shape index (κ3) is 6.36. The van der Waals surface area contributed by atoms with Gasteiger partial charge in [-0.3, -0.25) is 4.79 Å². The highest BCUT2D eigenvalue weighted by Crippen LogP contribution is 2.37. The predicted molar refractivity (Wildman–Crippen MR) is 105 cm³/mol. The van der Waals surface area contributed by atoms with Gasteiger partial charge in [-0.05, 0) is 45.1 Å². The first-order valence-electron chi connectivity index (χ1n) is 9.79. The molecule has 0 fully saturated rings. The Morgan fingerprint density at radius 2 is 2.11 bits per heavy atom. The van der Waals surface area contributed by atoms with E-state index in [1.165, 1.54) is 5.57 Å². The fourth-order valence-electron chi connectivity index (χ4n) is 3.38. The zero-order valence-electron chi connectivity index (χ0n) is 16.5. The molecule has 0 aliphatic heterocycles. The molecule has 0 saturated carbocycles. The topological polar surface area (TPSA) is 90.9 Å². The van der Waals surface area contributed by atoms with Crippen molar-refractivity contribution in [3.63, 3.8) is 0 Å². The van der Waals surface area contributed by atoms with Crippen LogP contribution in [0.2, 0.25) is 0 Å². The van der Waals surface area contributed by atoms with Crippen LogP contribution in [0, 0.1) is 5.92 Å². The Balaban J connectivity index is 1.95. The van der Waals surface area contributed by atoms with Crippen LogP contribution in [0.1, 0.15) is 69.5 Å². The lowest BCUT2D eigenvalue weighted by atomic mass is 9.95. The highest BCUT2D eigenvalue weighted by atomic mass is 16.4. The van der Waals surface area contributed by atoms with E-state index >= 15 is 0 Å². The molecule has 1 aliphatic rings. The molecule has 0 bridgehead atoms. The predicted octanol–water partition coefficient (Wildman–Crippen LogP) is 3.99. The van der Waals surface area contributed by atoms with Crippen LogP contribution >= 0.6 is 0 Å². The number of aliphatic hydroxyl groups is 2. The summed E-state index contributed by atoms with van der Waals surface area (Å²) in [5, 5.41) is 29.4. The summed E-state index contributed by atoms with van der Waals surface area (Å²) in [6.07, 6.45) is 8.28. The lowest BCUT2D eigenvalue weighted by Gasteiger charge is -2.16. The summed E-state index contributed by atoms with van der Waals surface area (Å²) < 4.78 is 5.84. The van der Waals surface area contributed by atoms with Gasteiger partial charge in [0.2, 0.25) is 0 Å². The molecule has 0 unspecified atom stereocenters. The monoisotopic (exact) mass is 376 g/mol. The Labute approximate surface area is 161 Å². The Hall–Kier alpha value is -1.85. The molecule has 27 heavy (non-hydrogen) atoms. The van der Waals surface area contributed by atoms with Crippen LogP contribution in [-0.4, -0.2) is 33.5 Å². The molecule has 1 heterocycles. The van der Waals surface area contributed by atoms with E-state index in [4.69, 9.17) is 9.52 Å². The number of rotatable bonds is 10. The lowest BCUT2D eigenvalue weighted by Crippen LogP contribution is -2.16. The van der Waals surface area contributed by atoms with E-state index in [1.807, 2.05) is 32.9 Å². The van der Waals surface area contributed by atoms with Crippen molar-refractivity contribution in [3.05, 3.63) is 47.0 Å². The zero-order valence-corrected chi connectivity index (χ0v) is 16.5. The number of hydrogen-bond donors (Lipinski definition) is 3. The molecule has 0 amide bonds. The second-order valence-electron chi connectivity index (χ2n) is 7.86. The van der Waals surface area contributed by atoms with Crippen molar-refractivity contribution < 1.29 is 24.5 Å². The minimum absolute atomic E-state index is 0.114. The summed E-state index contributed by atoms with van der Waals surface area (Å²) in [5.41, 5.74) is 2.22. The maximum Gasteiger partial charge on any atom is 0.303 e. The van der Waals surface area contributed by atoms with E-state index < -0.39 is 18.2 Å². The Bertz CT molecular complexity index is 681. The number of hydrogen-bond acceptors (Lipinski definition) is 4. The molecule has 1 aromatic rings. The Kier molecular flexibility index (Phi) is 7.87. The summed E-state index contributed by atoms with van der Waals surface area (Å²) in [7, 11) is 0. The molecular formula is C22H32O5. The fraction of sp³-hybridized carbons (Fsp3) is 0.591. The van der Waals surface area contributed by atoms with Gasteiger partial charge in [0.1, 0.15) is 11.5 Å². The maximum atomic E-state index is 10.6. The number of aliphatic hydroxyl groups excluding tert-OH is 2. The third-order valence-electron chi connectivity index (χ3n) is 5.12. The number of allylic oxidation sites excluding steroid dienone is 2. The van der Waals surface area contributed by atoms with Crippen molar-refractivity contribution >= 4 is 5.97 Å². The Morgan fingerprint density at radius 1 is 1.37 bits per heavy atom. The van der Waals surface area contributed by atoms with E-state index in [-0.39, 0.29) is 18.3 Å². The number of carboxylic acid groups (broad SMARTS) is 1. The van der Waals surface area contributed by atoms with Gasteiger partial charge in [0.15, 0.2) is 0 Å². The fourth-order valence-corrected chi connectivity index (χ4v) is 3.38. The minimum atomic E-state index is -0.775. The van der Waals surface area contributed by atoms with E-state index in [0.29, 0.717) is 19.3 Å². The highest BCUT2D eigenvalue weighted by molar-refractivity contribution is 5.66. The number of unbranched alkanes of at least 4 members (excludes halogenated alkanes) is 1. The molecule has 0 saturated heterocycles. The van der Waals surface area contributed by atoms with Crippen LogP contribution in [0.25, 0.3) is 0 Å². The molecule has 5 nitrogen and oxygen atoms in total. The molecule has 1 aromatic heterocycles. The number of fused-ring (bicyclic) bond motifs is 1. The average Bonchev–Trinajstić information content (AvgIpc) is 3.10. The SMILES string of the molecule is CC(C)=CC[C@H](C)[C@H](O)C=C[C@@H]1c2cc(CCCCC(=O)O)oc2C[C@H]1O. The van der Waals surface area contributed by atoms with Crippen LogP contribution in [0.3, 0.4) is 0 Å². The third-order valence-corrected chi connectivity index (χ3v) is 5.12. The van der Waals surface area contributed by atoms with Crippen molar-refractivity contribution in [1.29, 1.82) is 0 Å². The molecule has 2 rings (SSSR count). The minimum Gasteiger partial charge on any atom is -0.481 e. The van der Waals surface area contributed by atoms with Crippen LogP contribution in [-0.2, 0) is 17.6 Å². The number of aryl methyl sites for hydroxylation is 1. The molecular weight excluding hydrogens is 344 g/mol. The standard InChI is InChI=1S/C22H32O5/c1-14(2)8-9-15(3)19(23)11-10-17-18-12-16(6-4-5-7-22(25)26)27-21(18)13-20(17)24/h8,10-12,15,17,19-20,23-24H,4-7,9,13H2,1-3H3,(H,25,26)/t15-,17+,19+,20+/m0/s1. The van der Waals surface area contributed by atoms with Gasteiger partial charge in [0.05, 0.1) is 12.2 Å². The number of carboxylic acids is 1. The van der Waals surface area contributed by atoms with Crippen LogP contribution in [0.15, 0.2) is 34.3 Å².